The van der Waals surface area contributed by atoms with Crippen molar-refractivity contribution in [3.05, 3.63) is 65.7 Å². The summed E-state index contributed by atoms with van der Waals surface area (Å²) < 4.78 is 23.5. The number of hydrogen-bond acceptors (Lipinski definition) is 3. The molecule has 1 amide bonds. The van der Waals surface area contributed by atoms with E-state index in [1.54, 1.807) is 24.3 Å². The van der Waals surface area contributed by atoms with Crippen molar-refractivity contribution in [2.45, 2.75) is 12.6 Å². The standard InChI is InChI=1S/C18H20FNO3/c1-22-13-18(21)20-17(11-19)15-7-9-16(10-8-15)23-12-14-5-3-2-4-6-14/h2-10,17H,11-13H2,1H3,(H,20,21)/t17-/m1/s1. The Morgan fingerprint density at radius 3 is 2.43 bits per heavy atom. The van der Waals surface area contributed by atoms with Crippen LogP contribution in [0.25, 0.3) is 0 Å². The van der Waals surface area contributed by atoms with Crippen LogP contribution in [-0.2, 0) is 16.1 Å². The second-order valence-electron chi connectivity index (χ2n) is 5.05. The molecule has 4 nitrogen and oxygen atoms in total. The molecule has 2 aromatic carbocycles. The van der Waals surface area contributed by atoms with E-state index in [2.05, 4.69) is 5.32 Å². The van der Waals surface area contributed by atoms with Gasteiger partial charge in [0.2, 0.25) is 5.91 Å². The molecule has 0 aliphatic rings. The zero-order valence-corrected chi connectivity index (χ0v) is 13.0. The molecule has 0 saturated heterocycles. The van der Waals surface area contributed by atoms with Crippen LogP contribution >= 0.6 is 0 Å². The molecular weight excluding hydrogens is 297 g/mol. The van der Waals surface area contributed by atoms with Crippen LogP contribution < -0.4 is 10.1 Å². The van der Waals surface area contributed by atoms with Gasteiger partial charge in [-0.2, -0.15) is 0 Å². The molecule has 0 bridgehead atoms. The molecule has 0 aliphatic carbocycles. The van der Waals surface area contributed by atoms with Crippen LogP contribution in [0, 0.1) is 0 Å². The number of alkyl halides is 1. The molecule has 0 aliphatic heterocycles. The van der Waals surface area contributed by atoms with Crippen molar-refractivity contribution < 1.29 is 18.7 Å². The summed E-state index contributed by atoms with van der Waals surface area (Å²) in [5.74, 6) is 0.345. The summed E-state index contributed by atoms with van der Waals surface area (Å²) in [5.41, 5.74) is 1.76. The van der Waals surface area contributed by atoms with E-state index in [1.165, 1.54) is 7.11 Å². The van der Waals surface area contributed by atoms with E-state index in [4.69, 9.17) is 9.47 Å². The predicted molar refractivity (Wildman–Crippen MR) is 86.0 cm³/mol. The first kappa shape index (κ1) is 17.0. The number of carbonyl (C=O) groups is 1. The molecule has 0 radical (unpaired) electrons. The Hall–Kier alpha value is -2.40. The van der Waals surface area contributed by atoms with Crippen LogP contribution in [0.15, 0.2) is 54.6 Å². The van der Waals surface area contributed by atoms with Gasteiger partial charge in [-0.25, -0.2) is 4.39 Å². The average Bonchev–Trinajstić information content (AvgIpc) is 2.59. The van der Waals surface area contributed by atoms with Gasteiger partial charge in [0.25, 0.3) is 0 Å². The van der Waals surface area contributed by atoms with Gasteiger partial charge in [0, 0.05) is 7.11 Å². The number of nitrogens with one attached hydrogen (secondary N) is 1. The maximum Gasteiger partial charge on any atom is 0.246 e. The number of benzene rings is 2. The quantitative estimate of drug-likeness (QED) is 0.814. The molecule has 0 aromatic heterocycles. The van der Waals surface area contributed by atoms with Crippen molar-refractivity contribution in [3.63, 3.8) is 0 Å². The van der Waals surface area contributed by atoms with Gasteiger partial charge in [-0.1, -0.05) is 42.5 Å². The molecule has 122 valence electrons. The lowest BCUT2D eigenvalue weighted by molar-refractivity contribution is -0.125. The van der Waals surface area contributed by atoms with E-state index in [-0.39, 0.29) is 12.5 Å². The fraction of sp³-hybridized carbons (Fsp3) is 0.278. The monoisotopic (exact) mass is 317 g/mol. The van der Waals surface area contributed by atoms with Crippen molar-refractivity contribution in [2.24, 2.45) is 0 Å². The Morgan fingerprint density at radius 1 is 1.13 bits per heavy atom. The fourth-order valence-corrected chi connectivity index (χ4v) is 2.12. The number of ether oxygens (including phenoxy) is 2. The molecule has 0 heterocycles. The molecule has 1 atom stereocenters. The molecule has 0 spiro atoms. The van der Waals surface area contributed by atoms with Gasteiger partial charge in [0.05, 0.1) is 6.04 Å². The van der Waals surface area contributed by atoms with E-state index in [0.29, 0.717) is 17.9 Å². The van der Waals surface area contributed by atoms with Gasteiger partial charge >= 0.3 is 0 Å². The zero-order chi connectivity index (χ0) is 16.5. The number of carbonyl (C=O) groups excluding carboxylic acids is 1. The first-order valence-electron chi connectivity index (χ1n) is 7.34. The summed E-state index contributed by atoms with van der Waals surface area (Å²) in [6, 6.07) is 16.2. The van der Waals surface area contributed by atoms with Crippen molar-refractivity contribution in [3.8, 4) is 5.75 Å². The van der Waals surface area contributed by atoms with E-state index in [9.17, 15) is 9.18 Å². The predicted octanol–water partition coefficient (Wildman–Crippen LogP) is 3.04. The number of rotatable bonds is 8. The minimum atomic E-state index is -0.681. The second-order valence-corrected chi connectivity index (χ2v) is 5.05. The third-order valence-corrected chi connectivity index (χ3v) is 3.30. The second kappa shape index (κ2) is 8.90. The molecule has 0 fully saturated rings. The summed E-state index contributed by atoms with van der Waals surface area (Å²) >= 11 is 0. The van der Waals surface area contributed by atoms with Crippen molar-refractivity contribution >= 4 is 5.91 Å². The zero-order valence-electron chi connectivity index (χ0n) is 13.0. The maximum absolute atomic E-state index is 13.1. The SMILES string of the molecule is COCC(=O)N[C@H](CF)c1ccc(OCc2ccccc2)cc1. The highest BCUT2D eigenvalue weighted by Crippen LogP contribution is 2.19. The number of halogens is 1. The Kier molecular flexibility index (Phi) is 6.56. The largest absolute Gasteiger partial charge is 0.489 e. The topological polar surface area (TPSA) is 47.6 Å². The molecule has 0 saturated carbocycles. The minimum absolute atomic E-state index is 0.0885. The molecular formula is C18H20FNO3. The number of hydrogen-bond donors (Lipinski definition) is 1. The first-order chi connectivity index (χ1) is 11.2. The van der Waals surface area contributed by atoms with Gasteiger partial charge in [-0.05, 0) is 23.3 Å². The highest BCUT2D eigenvalue weighted by atomic mass is 19.1. The van der Waals surface area contributed by atoms with Crippen LogP contribution in [0.1, 0.15) is 17.2 Å². The summed E-state index contributed by atoms with van der Waals surface area (Å²) in [7, 11) is 1.42. The normalized spacial score (nSPS) is 11.7. The molecule has 1 N–H and O–H groups in total. The molecule has 2 rings (SSSR count). The lowest BCUT2D eigenvalue weighted by Gasteiger charge is -2.16. The van der Waals surface area contributed by atoms with Gasteiger partial charge < -0.3 is 14.8 Å². The Balaban J connectivity index is 1.93. The first-order valence-corrected chi connectivity index (χ1v) is 7.34. The van der Waals surface area contributed by atoms with E-state index < -0.39 is 12.7 Å². The maximum atomic E-state index is 13.1. The number of methoxy groups -OCH3 is 1. The van der Waals surface area contributed by atoms with Crippen molar-refractivity contribution in [1.82, 2.24) is 5.32 Å². The highest BCUT2D eigenvalue weighted by Gasteiger charge is 2.14. The highest BCUT2D eigenvalue weighted by molar-refractivity contribution is 5.77. The lowest BCUT2D eigenvalue weighted by atomic mass is 10.1. The van der Waals surface area contributed by atoms with Gasteiger partial charge in [-0.15, -0.1) is 0 Å². The van der Waals surface area contributed by atoms with Crippen LogP contribution in [0.4, 0.5) is 4.39 Å². The minimum Gasteiger partial charge on any atom is -0.489 e. The van der Waals surface area contributed by atoms with E-state index >= 15 is 0 Å². The van der Waals surface area contributed by atoms with Crippen molar-refractivity contribution in [2.75, 3.05) is 20.4 Å². The molecule has 23 heavy (non-hydrogen) atoms. The summed E-state index contributed by atoms with van der Waals surface area (Å²) in [6.45, 7) is -0.300. The third-order valence-electron chi connectivity index (χ3n) is 3.30. The number of amides is 1. The average molecular weight is 317 g/mol. The summed E-state index contributed by atoms with van der Waals surface area (Å²) in [6.07, 6.45) is 0. The smallest absolute Gasteiger partial charge is 0.246 e. The lowest BCUT2D eigenvalue weighted by Crippen LogP contribution is -2.32. The van der Waals surface area contributed by atoms with E-state index in [1.807, 2.05) is 30.3 Å². The Bertz CT molecular complexity index is 601. The summed E-state index contributed by atoms with van der Waals surface area (Å²) in [4.78, 5) is 11.5. The van der Waals surface area contributed by atoms with E-state index in [0.717, 1.165) is 5.56 Å². The van der Waals surface area contributed by atoms with Gasteiger partial charge in [-0.3, -0.25) is 4.79 Å². The summed E-state index contributed by atoms with van der Waals surface area (Å²) in [5, 5.41) is 2.58. The van der Waals surface area contributed by atoms with Crippen molar-refractivity contribution in [1.29, 1.82) is 0 Å². The molecule has 2 aromatic rings. The Morgan fingerprint density at radius 2 is 1.83 bits per heavy atom. The van der Waals surface area contributed by atoms with Crippen LogP contribution in [0.5, 0.6) is 5.75 Å². The van der Waals surface area contributed by atoms with Gasteiger partial charge in [0.1, 0.15) is 25.6 Å². The molecule has 5 heteroatoms. The van der Waals surface area contributed by atoms with Gasteiger partial charge in [0.15, 0.2) is 0 Å². The Labute approximate surface area is 135 Å². The van der Waals surface area contributed by atoms with Crippen LogP contribution in [-0.4, -0.2) is 26.3 Å². The van der Waals surface area contributed by atoms with Crippen LogP contribution in [0.3, 0.4) is 0 Å². The fourth-order valence-electron chi connectivity index (χ4n) is 2.12. The molecule has 0 unspecified atom stereocenters. The van der Waals surface area contributed by atoms with Crippen LogP contribution in [0.2, 0.25) is 0 Å². The third kappa shape index (κ3) is 5.38.